The summed E-state index contributed by atoms with van der Waals surface area (Å²) in [6.07, 6.45) is 6.32. The Bertz CT molecular complexity index is 1350. The minimum atomic E-state index is -0.911. The first-order chi connectivity index (χ1) is 19.3. The molecular weight excluding hydrogens is 516 g/mol. The molecule has 0 bridgehead atoms. The van der Waals surface area contributed by atoms with E-state index in [4.69, 9.17) is 18.9 Å². The van der Waals surface area contributed by atoms with Gasteiger partial charge in [-0.15, -0.1) is 0 Å². The van der Waals surface area contributed by atoms with Crippen LogP contribution in [0, 0.1) is 10.1 Å². The number of nitrogens with zero attached hydrogens (tertiary/aromatic N) is 1. The molecule has 0 spiro atoms. The number of nitro benzene ring substituents is 1. The molecule has 2 unspecified atom stereocenters. The molecule has 10 heteroatoms. The van der Waals surface area contributed by atoms with Gasteiger partial charge < -0.3 is 24.3 Å². The summed E-state index contributed by atoms with van der Waals surface area (Å²) in [5.74, 6) is -1.50. The Morgan fingerprint density at radius 3 is 2.45 bits per heavy atom. The number of carbonyl (C=O) groups excluding carboxylic acids is 2. The standard InChI is InChI=1S/C30H32N2O8/c1-19-26(29(33)37-3)28(22-9-6-10-23(18-22)32(35)36)27(20(2)31-19)30(34)39-17-7-8-21-12-14-24(15-13-21)40-25-11-4-5-16-38-25/h6-10,12-15,18,25,28,31H,4-5,11,16-17H2,1-3H3/b8-7+. The maximum Gasteiger partial charge on any atom is 0.337 e. The Morgan fingerprint density at radius 1 is 1.07 bits per heavy atom. The van der Waals surface area contributed by atoms with E-state index in [9.17, 15) is 19.7 Å². The molecule has 2 aromatic carbocycles. The molecule has 0 saturated carbocycles. The van der Waals surface area contributed by atoms with Gasteiger partial charge in [-0.1, -0.05) is 30.3 Å². The van der Waals surface area contributed by atoms with Crippen LogP contribution in [-0.2, 0) is 23.8 Å². The van der Waals surface area contributed by atoms with Gasteiger partial charge in [-0.2, -0.15) is 0 Å². The van der Waals surface area contributed by atoms with E-state index in [2.05, 4.69) is 5.32 Å². The molecule has 2 heterocycles. The van der Waals surface area contributed by atoms with Crippen molar-refractivity contribution in [2.75, 3.05) is 20.3 Å². The van der Waals surface area contributed by atoms with E-state index >= 15 is 0 Å². The number of carbonyl (C=O) groups is 2. The molecule has 0 aromatic heterocycles. The minimum Gasteiger partial charge on any atom is -0.466 e. The molecule has 4 rings (SSSR count). The number of dihydropyridines is 1. The van der Waals surface area contributed by atoms with Crippen LogP contribution in [-0.4, -0.2) is 43.5 Å². The molecule has 2 aliphatic rings. The van der Waals surface area contributed by atoms with Gasteiger partial charge in [-0.05, 0) is 56.0 Å². The number of non-ortho nitro benzene ring substituents is 1. The van der Waals surface area contributed by atoms with Gasteiger partial charge in [0.2, 0.25) is 0 Å². The van der Waals surface area contributed by atoms with Crippen molar-refractivity contribution in [2.24, 2.45) is 0 Å². The monoisotopic (exact) mass is 548 g/mol. The number of ether oxygens (including phenoxy) is 4. The molecular formula is C30H32N2O8. The lowest BCUT2D eigenvalue weighted by Crippen LogP contribution is -2.32. The second kappa shape index (κ2) is 13.1. The van der Waals surface area contributed by atoms with Crippen molar-refractivity contribution in [2.45, 2.75) is 45.3 Å². The molecule has 2 atom stereocenters. The number of hydrogen-bond donors (Lipinski definition) is 1. The quantitative estimate of drug-likeness (QED) is 0.257. The maximum absolute atomic E-state index is 13.3. The summed E-state index contributed by atoms with van der Waals surface area (Å²) >= 11 is 0. The number of benzene rings is 2. The first-order valence-corrected chi connectivity index (χ1v) is 13.0. The summed E-state index contributed by atoms with van der Waals surface area (Å²) in [4.78, 5) is 37.0. The normalized spacial score (nSPS) is 19.3. The first-order valence-electron chi connectivity index (χ1n) is 13.0. The Kier molecular flexibility index (Phi) is 9.34. The number of rotatable bonds is 9. The number of nitro groups is 1. The third kappa shape index (κ3) is 6.76. The van der Waals surface area contributed by atoms with Crippen molar-refractivity contribution < 1.29 is 33.5 Å². The van der Waals surface area contributed by atoms with Crippen molar-refractivity contribution >= 4 is 23.7 Å². The predicted molar refractivity (Wildman–Crippen MR) is 147 cm³/mol. The van der Waals surface area contributed by atoms with Crippen LogP contribution in [0.25, 0.3) is 6.08 Å². The molecule has 10 nitrogen and oxygen atoms in total. The third-order valence-corrected chi connectivity index (χ3v) is 6.71. The molecule has 0 amide bonds. The summed E-state index contributed by atoms with van der Waals surface area (Å²) in [7, 11) is 1.24. The SMILES string of the molecule is COC(=O)C1=C(C)NC(C)=C(C(=O)OC/C=C/c2ccc(OC3CCCCO3)cc2)C1c1cccc([N+](=O)[O-])c1. The highest BCUT2D eigenvalue weighted by atomic mass is 16.7. The van der Waals surface area contributed by atoms with Gasteiger partial charge in [0.15, 0.2) is 6.29 Å². The van der Waals surface area contributed by atoms with Crippen molar-refractivity contribution in [3.63, 3.8) is 0 Å². The number of esters is 2. The lowest BCUT2D eigenvalue weighted by Gasteiger charge is -2.30. The van der Waals surface area contributed by atoms with Gasteiger partial charge in [0.25, 0.3) is 5.69 Å². The highest BCUT2D eigenvalue weighted by Gasteiger charge is 2.38. The Hall–Kier alpha value is -4.44. The van der Waals surface area contributed by atoms with Crippen LogP contribution in [0.2, 0.25) is 0 Å². The zero-order valence-corrected chi connectivity index (χ0v) is 22.7. The summed E-state index contributed by atoms with van der Waals surface area (Å²) in [5, 5.41) is 14.5. The zero-order valence-electron chi connectivity index (χ0n) is 22.7. The number of methoxy groups -OCH3 is 1. The largest absolute Gasteiger partial charge is 0.466 e. The van der Waals surface area contributed by atoms with E-state index in [1.54, 1.807) is 26.0 Å². The lowest BCUT2D eigenvalue weighted by molar-refractivity contribution is -0.384. The van der Waals surface area contributed by atoms with E-state index < -0.39 is 22.8 Å². The van der Waals surface area contributed by atoms with E-state index in [0.717, 1.165) is 30.6 Å². The van der Waals surface area contributed by atoms with Gasteiger partial charge in [0.1, 0.15) is 12.4 Å². The summed E-state index contributed by atoms with van der Waals surface area (Å²) in [5.41, 5.74) is 2.45. The Labute approximate surface area is 232 Å². The Balaban J connectivity index is 1.47. The zero-order chi connectivity index (χ0) is 28.6. The van der Waals surface area contributed by atoms with Crippen LogP contribution in [0.5, 0.6) is 5.75 Å². The van der Waals surface area contributed by atoms with Gasteiger partial charge in [-0.3, -0.25) is 10.1 Å². The van der Waals surface area contributed by atoms with Gasteiger partial charge in [0.05, 0.1) is 35.7 Å². The molecule has 0 radical (unpaired) electrons. The fourth-order valence-corrected chi connectivity index (χ4v) is 4.80. The van der Waals surface area contributed by atoms with Crippen LogP contribution in [0.3, 0.4) is 0 Å². The Morgan fingerprint density at radius 2 is 1.80 bits per heavy atom. The van der Waals surface area contributed by atoms with Crippen molar-refractivity contribution in [1.82, 2.24) is 5.32 Å². The van der Waals surface area contributed by atoms with Crippen molar-refractivity contribution in [3.8, 4) is 5.75 Å². The second-order valence-corrected chi connectivity index (χ2v) is 9.46. The smallest absolute Gasteiger partial charge is 0.337 e. The molecule has 1 N–H and O–H groups in total. The summed E-state index contributed by atoms with van der Waals surface area (Å²) in [6.45, 7) is 4.06. The van der Waals surface area contributed by atoms with Gasteiger partial charge in [-0.25, -0.2) is 9.59 Å². The number of nitrogens with one attached hydrogen (secondary N) is 1. The molecule has 210 valence electrons. The first kappa shape index (κ1) is 28.6. The van der Waals surface area contributed by atoms with Crippen LogP contribution in [0.4, 0.5) is 5.69 Å². The average Bonchev–Trinajstić information content (AvgIpc) is 2.96. The van der Waals surface area contributed by atoms with Crippen molar-refractivity contribution in [1.29, 1.82) is 0 Å². The van der Waals surface area contributed by atoms with Gasteiger partial charge in [0, 0.05) is 29.9 Å². The van der Waals surface area contributed by atoms with Crippen LogP contribution in [0.1, 0.15) is 50.2 Å². The van der Waals surface area contributed by atoms with Crippen LogP contribution >= 0.6 is 0 Å². The molecule has 2 aliphatic heterocycles. The second-order valence-electron chi connectivity index (χ2n) is 9.46. The highest BCUT2D eigenvalue weighted by molar-refractivity contribution is 6.00. The van der Waals surface area contributed by atoms with E-state index in [0.29, 0.717) is 23.6 Å². The fourth-order valence-electron chi connectivity index (χ4n) is 4.80. The minimum absolute atomic E-state index is 0.0261. The van der Waals surface area contributed by atoms with Crippen molar-refractivity contribution in [3.05, 3.63) is 98.4 Å². The molecule has 2 aromatic rings. The summed E-state index contributed by atoms with van der Waals surface area (Å²) < 4.78 is 22.0. The molecule has 1 saturated heterocycles. The fraction of sp³-hybridized carbons (Fsp3) is 0.333. The topological polar surface area (TPSA) is 126 Å². The van der Waals surface area contributed by atoms with Crippen LogP contribution < -0.4 is 10.1 Å². The number of hydrogen-bond acceptors (Lipinski definition) is 9. The van der Waals surface area contributed by atoms with Gasteiger partial charge >= 0.3 is 11.9 Å². The number of allylic oxidation sites excluding steroid dienone is 2. The molecule has 1 fully saturated rings. The lowest BCUT2D eigenvalue weighted by atomic mass is 9.80. The molecule has 40 heavy (non-hydrogen) atoms. The average molecular weight is 549 g/mol. The summed E-state index contributed by atoms with van der Waals surface area (Å²) in [6, 6.07) is 13.3. The maximum atomic E-state index is 13.3. The van der Waals surface area contributed by atoms with E-state index in [1.807, 2.05) is 30.3 Å². The molecule has 0 aliphatic carbocycles. The van der Waals surface area contributed by atoms with Crippen LogP contribution in [0.15, 0.2) is 77.1 Å². The predicted octanol–water partition coefficient (Wildman–Crippen LogP) is 5.16. The highest BCUT2D eigenvalue weighted by Crippen LogP contribution is 2.40. The van der Waals surface area contributed by atoms with E-state index in [1.165, 1.54) is 25.3 Å². The third-order valence-electron chi connectivity index (χ3n) is 6.71. The van der Waals surface area contributed by atoms with E-state index in [-0.39, 0.29) is 29.7 Å².